The number of rotatable bonds is 9. The summed E-state index contributed by atoms with van der Waals surface area (Å²) in [5.74, 6) is -0.801. The minimum Gasteiger partial charge on any atom is -0.352 e. The largest absolute Gasteiger partial charge is 0.352 e. The predicted molar refractivity (Wildman–Crippen MR) is 119 cm³/mol. The highest BCUT2D eigenvalue weighted by atomic mass is 35.5. The van der Waals surface area contributed by atoms with Gasteiger partial charge in [0.05, 0.1) is 6.42 Å². The van der Waals surface area contributed by atoms with Crippen molar-refractivity contribution in [3.8, 4) is 0 Å². The Morgan fingerprint density at radius 3 is 2.30 bits per heavy atom. The SMILES string of the molecule is CCC(C)NC(=O)C(CC)N(Cc1ccc(F)cc1)C(=O)Cc1ccc(Cl)cc1Cl. The summed E-state index contributed by atoms with van der Waals surface area (Å²) in [5.41, 5.74) is 1.37. The van der Waals surface area contributed by atoms with Gasteiger partial charge in [0.15, 0.2) is 0 Å². The van der Waals surface area contributed by atoms with Crippen LogP contribution in [0.15, 0.2) is 42.5 Å². The minimum atomic E-state index is -0.650. The van der Waals surface area contributed by atoms with E-state index < -0.39 is 6.04 Å². The summed E-state index contributed by atoms with van der Waals surface area (Å²) in [7, 11) is 0. The Kier molecular flexibility index (Phi) is 9.12. The van der Waals surface area contributed by atoms with Crippen LogP contribution in [0.3, 0.4) is 0 Å². The molecule has 2 aromatic carbocycles. The molecule has 0 aliphatic rings. The molecule has 30 heavy (non-hydrogen) atoms. The van der Waals surface area contributed by atoms with Crippen molar-refractivity contribution >= 4 is 35.0 Å². The number of amides is 2. The van der Waals surface area contributed by atoms with Crippen LogP contribution in [0.4, 0.5) is 4.39 Å². The van der Waals surface area contributed by atoms with Crippen LogP contribution in [0, 0.1) is 5.82 Å². The molecule has 2 amide bonds. The third-order valence-corrected chi connectivity index (χ3v) is 5.60. The standard InChI is InChI=1S/C23H27Cl2FN2O2/c1-4-15(3)27-23(30)21(5-2)28(14-16-6-10-19(26)11-7-16)22(29)12-17-8-9-18(24)13-20(17)25/h6-11,13,15,21H,4-5,12,14H2,1-3H3,(H,27,30). The maximum absolute atomic E-state index is 13.3. The van der Waals surface area contributed by atoms with Crippen molar-refractivity contribution in [2.75, 3.05) is 0 Å². The Bertz CT molecular complexity index is 874. The van der Waals surface area contributed by atoms with Crippen molar-refractivity contribution in [1.82, 2.24) is 10.2 Å². The van der Waals surface area contributed by atoms with E-state index in [9.17, 15) is 14.0 Å². The molecule has 0 aliphatic carbocycles. The van der Waals surface area contributed by atoms with Gasteiger partial charge in [0.25, 0.3) is 0 Å². The van der Waals surface area contributed by atoms with Crippen molar-refractivity contribution < 1.29 is 14.0 Å². The van der Waals surface area contributed by atoms with E-state index >= 15 is 0 Å². The van der Waals surface area contributed by atoms with Crippen molar-refractivity contribution in [3.63, 3.8) is 0 Å². The zero-order chi connectivity index (χ0) is 22.3. The Labute approximate surface area is 187 Å². The summed E-state index contributed by atoms with van der Waals surface area (Å²) in [5, 5.41) is 3.84. The molecule has 0 saturated carbocycles. The maximum Gasteiger partial charge on any atom is 0.243 e. The lowest BCUT2D eigenvalue weighted by Crippen LogP contribution is -2.51. The lowest BCUT2D eigenvalue weighted by molar-refractivity contribution is -0.141. The van der Waals surface area contributed by atoms with E-state index in [0.717, 1.165) is 12.0 Å². The van der Waals surface area contributed by atoms with E-state index in [2.05, 4.69) is 5.32 Å². The van der Waals surface area contributed by atoms with Crippen LogP contribution < -0.4 is 5.32 Å². The monoisotopic (exact) mass is 452 g/mol. The van der Waals surface area contributed by atoms with Crippen molar-refractivity contribution in [1.29, 1.82) is 0 Å². The Morgan fingerprint density at radius 1 is 1.07 bits per heavy atom. The molecule has 4 nitrogen and oxygen atoms in total. The molecule has 0 aromatic heterocycles. The normalized spacial score (nSPS) is 12.9. The summed E-state index contributed by atoms with van der Waals surface area (Å²) in [6, 6.07) is 10.2. The van der Waals surface area contributed by atoms with E-state index in [1.807, 2.05) is 20.8 Å². The lowest BCUT2D eigenvalue weighted by atomic mass is 10.1. The van der Waals surface area contributed by atoms with Gasteiger partial charge in [0.1, 0.15) is 11.9 Å². The molecular formula is C23H27Cl2FN2O2. The van der Waals surface area contributed by atoms with Crippen molar-refractivity contribution in [3.05, 3.63) is 69.5 Å². The van der Waals surface area contributed by atoms with Gasteiger partial charge in [-0.3, -0.25) is 9.59 Å². The summed E-state index contributed by atoms with van der Waals surface area (Å²) in [6.45, 7) is 5.96. The summed E-state index contributed by atoms with van der Waals surface area (Å²) in [6.07, 6.45) is 1.27. The fraction of sp³-hybridized carbons (Fsp3) is 0.391. The third-order valence-electron chi connectivity index (χ3n) is 5.01. The molecule has 2 aromatic rings. The average Bonchev–Trinajstić information content (AvgIpc) is 2.71. The molecule has 0 heterocycles. The number of halogens is 3. The fourth-order valence-corrected chi connectivity index (χ4v) is 3.55. The number of nitrogens with one attached hydrogen (secondary N) is 1. The van der Waals surface area contributed by atoms with Gasteiger partial charge in [-0.1, -0.05) is 55.2 Å². The van der Waals surface area contributed by atoms with Gasteiger partial charge in [0.2, 0.25) is 11.8 Å². The Morgan fingerprint density at radius 2 is 1.73 bits per heavy atom. The van der Waals surface area contributed by atoms with Crippen LogP contribution in [0.1, 0.15) is 44.7 Å². The van der Waals surface area contributed by atoms with Crippen LogP contribution in [0.25, 0.3) is 0 Å². The first-order valence-corrected chi connectivity index (χ1v) is 10.8. The number of hydrogen-bond donors (Lipinski definition) is 1. The van der Waals surface area contributed by atoms with Gasteiger partial charge in [-0.25, -0.2) is 4.39 Å². The van der Waals surface area contributed by atoms with Gasteiger partial charge in [-0.2, -0.15) is 0 Å². The van der Waals surface area contributed by atoms with E-state index in [-0.39, 0.29) is 36.6 Å². The number of nitrogens with zero attached hydrogens (tertiary/aromatic N) is 1. The second-order valence-corrected chi connectivity index (χ2v) is 8.15. The zero-order valence-corrected chi connectivity index (χ0v) is 18.9. The van der Waals surface area contributed by atoms with Gasteiger partial charge in [-0.15, -0.1) is 0 Å². The predicted octanol–water partition coefficient (Wildman–Crippen LogP) is 5.40. The smallest absolute Gasteiger partial charge is 0.243 e. The third kappa shape index (κ3) is 6.71. The van der Waals surface area contributed by atoms with E-state index in [0.29, 0.717) is 22.0 Å². The van der Waals surface area contributed by atoms with Gasteiger partial charge >= 0.3 is 0 Å². The highest BCUT2D eigenvalue weighted by Crippen LogP contribution is 2.23. The summed E-state index contributed by atoms with van der Waals surface area (Å²) in [4.78, 5) is 27.7. The number of carbonyl (C=O) groups excluding carboxylic acids is 2. The highest BCUT2D eigenvalue weighted by Gasteiger charge is 2.29. The second-order valence-electron chi connectivity index (χ2n) is 7.30. The molecular weight excluding hydrogens is 426 g/mol. The van der Waals surface area contributed by atoms with Crippen LogP contribution in [0.2, 0.25) is 10.0 Å². The van der Waals surface area contributed by atoms with E-state index in [1.165, 1.54) is 17.0 Å². The van der Waals surface area contributed by atoms with Crippen molar-refractivity contribution in [2.24, 2.45) is 0 Å². The molecule has 2 atom stereocenters. The van der Waals surface area contributed by atoms with E-state index in [1.54, 1.807) is 30.3 Å². The highest BCUT2D eigenvalue weighted by molar-refractivity contribution is 6.35. The van der Waals surface area contributed by atoms with Gasteiger partial charge < -0.3 is 10.2 Å². The molecule has 1 N–H and O–H groups in total. The van der Waals surface area contributed by atoms with Gasteiger partial charge in [0, 0.05) is 22.6 Å². The molecule has 0 radical (unpaired) electrons. The fourth-order valence-electron chi connectivity index (χ4n) is 3.08. The molecule has 162 valence electrons. The Hall–Kier alpha value is -2.11. The first kappa shape index (κ1) is 24.2. The van der Waals surface area contributed by atoms with Gasteiger partial charge in [-0.05, 0) is 55.2 Å². The van der Waals surface area contributed by atoms with Crippen LogP contribution in [-0.4, -0.2) is 28.8 Å². The molecule has 2 rings (SSSR count). The summed E-state index contributed by atoms with van der Waals surface area (Å²) < 4.78 is 13.3. The molecule has 0 bridgehead atoms. The maximum atomic E-state index is 13.3. The first-order chi connectivity index (χ1) is 14.2. The molecule has 0 saturated heterocycles. The molecule has 2 unspecified atom stereocenters. The topological polar surface area (TPSA) is 49.4 Å². The van der Waals surface area contributed by atoms with Crippen LogP contribution >= 0.6 is 23.2 Å². The quantitative estimate of drug-likeness (QED) is 0.553. The van der Waals surface area contributed by atoms with Crippen LogP contribution in [-0.2, 0) is 22.6 Å². The number of carbonyl (C=O) groups is 2. The molecule has 0 fully saturated rings. The number of hydrogen-bond acceptors (Lipinski definition) is 2. The first-order valence-electron chi connectivity index (χ1n) is 10.0. The lowest BCUT2D eigenvalue weighted by Gasteiger charge is -2.31. The molecule has 0 spiro atoms. The molecule has 7 heteroatoms. The minimum absolute atomic E-state index is 0.0000304. The molecule has 0 aliphatic heterocycles. The number of benzene rings is 2. The van der Waals surface area contributed by atoms with E-state index in [4.69, 9.17) is 23.2 Å². The second kappa shape index (κ2) is 11.3. The Balaban J connectivity index is 2.31. The summed E-state index contributed by atoms with van der Waals surface area (Å²) >= 11 is 12.2. The van der Waals surface area contributed by atoms with Crippen LogP contribution in [0.5, 0.6) is 0 Å². The average molecular weight is 453 g/mol. The zero-order valence-electron chi connectivity index (χ0n) is 17.4. The van der Waals surface area contributed by atoms with Crippen molar-refractivity contribution in [2.45, 2.75) is 58.7 Å².